The molecule has 2 nitrogen and oxygen atoms in total. The van der Waals surface area contributed by atoms with Crippen molar-refractivity contribution >= 4 is 28.8 Å². The zero-order valence-corrected chi connectivity index (χ0v) is 10.9. The number of hydrogen-bond donors (Lipinski definition) is 1. The van der Waals surface area contributed by atoms with E-state index in [0.717, 1.165) is 24.9 Å². The molecule has 1 aromatic rings. The van der Waals surface area contributed by atoms with E-state index in [1.165, 1.54) is 12.1 Å². The van der Waals surface area contributed by atoms with Gasteiger partial charge in [-0.1, -0.05) is 23.8 Å². The minimum Gasteiger partial charge on any atom is -0.392 e. The molecule has 92 valence electrons. The van der Waals surface area contributed by atoms with Crippen molar-refractivity contribution in [3.8, 4) is 0 Å². The van der Waals surface area contributed by atoms with E-state index < -0.39 is 0 Å². The maximum atomic E-state index is 13.1. The number of nitrogens with two attached hydrogens (primary N) is 1. The molecule has 5 heteroatoms. The van der Waals surface area contributed by atoms with Crippen molar-refractivity contribution in [2.75, 3.05) is 6.54 Å². The van der Waals surface area contributed by atoms with Crippen molar-refractivity contribution in [1.82, 2.24) is 4.90 Å². The van der Waals surface area contributed by atoms with E-state index in [1.807, 2.05) is 0 Å². The first-order valence-corrected chi connectivity index (χ1v) is 6.34. The van der Waals surface area contributed by atoms with E-state index in [2.05, 4.69) is 4.90 Å². The fourth-order valence-electron chi connectivity index (χ4n) is 2.22. The highest BCUT2D eigenvalue weighted by molar-refractivity contribution is 7.80. The van der Waals surface area contributed by atoms with Gasteiger partial charge in [-0.25, -0.2) is 4.39 Å². The van der Waals surface area contributed by atoms with E-state index >= 15 is 0 Å². The number of halogens is 2. The molecule has 2 rings (SSSR count). The summed E-state index contributed by atoms with van der Waals surface area (Å²) in [6.07, 6.45) is 2.04. The molecule has 1 saturated heterocycles. The number of hydrogen-bond acceptors (Lipinski definition) is 2. The molecule has 0 saturated carbocycles. The highest BCUT2D eigenvalue weighted by Gasteiger charge is 2.27. The van der Waals surface area contributed by atoms with Gasteiger partial charge < -0.3 is 5.73 Å². The highest BCUT2D eigenvalue weighted by Crippen LogP contribution is 2.24. The van der Waals surface area contributed by atoms with E-state index in [1.54, 1.807) is 6.07 Å². The molecule has 17 heavy (non-hydrogen) atoms. The number of likely N-dealkylation sites (tertiary alicyclic amines) is 1. The summed E-state index contributed by atoms with van der Waals surface area (Å²) in [6.45, 7) is 1.52. The Morgan fingerprint density at radius 3 is 3.06 bits per heavy atom. The summed E-state index contributed by atoms with van der Waals surface area (Å²) < 4.78 is 13.1. The first-order valence-electron chi connectivity index (χ1n) is 5.55. The molecular formula is C12H14ClFN2S. The fourth-order valence-corrected chi connectivity index (χ4v) is 2.67. The third-order valence-corrected chi connectivity index (χ3v) is 3.71. The van der Waals surface area contributed by atoms with Crippen LogP contribution >= 0.6 is 23.8 Å². The molecule has 0 amide bonds. The van der Waals surface area contributed by atoms with Crippen LogP contribution in [0.5, 0.6) is 0 Å². The molecule has 0 spiro atoms. The van der Waals surface area contributed by atoms with Crippen LogP contribution in [0.2, 0.25) is 5.02 Å². The SMILES string of the molecule is NC(=S)C1CCCN1Cc1cc(F)ccc1Cl. The summed E-state index contributed by atoms with van der Waals surface area (Å²) in [5, 5.41) is 0.583. The lowest BCUT2D eigenvalue weighted by atomic mass is 10.1. The molecule has 0 aromatic heterocycles. The van der Waals surface area contributed by atoms with Gasteiger partial charge in [0.2, 0.25) is 0 Å². The van der Waals surface area contributed by atoms with Gasteiger partial charge in [0.1, 0.15) is 5.82 Å². The summed E-state index contributed by atoms with van der Waals surface area (Å²) in [7, 11) is 0. The van der Waals surface area contributed by atoms with Gasteiger partial charge in [0.05, 0.1) is 11.0 Å². The predicted molar refractivity (Wildman–Crippen MR) is 71.6 cm³/mol. The monoisotopic (exact) mass is 272 g/mol. The zero-order chi connectivity index (χ0) is 12.4. The van der Waals surface area contributed by atoms with Gasteiger partial charge in [0.25, 0.3) is 0 Å². The fraction of sp³-hybridized carbons (Fsp3) is 0.417. The maximum Gasteiger partial charge on any atom is 0.123 e. The van der Waals surface area contributed by atoms with Gasteiger partial charge >= 0.3 is 0 Å². The second-order valence-electron chi connectivity index (χ2n) is 4.27. The van der Waals surface area contributed by atoms with Crippen LogP contribution in [-0.2, 0) is 6.54 Å². The van der Waals surface area contributed by atoms with Crippen LogP contribution in [0.1, 0.15) is 18.4 Å². The van der Waals surface area contributed by atoms with E-state index in [-0.39, 0.29) is 11.9 Å². The number of benzene rings is 1. The summed E-state index contributed by atoms with van der Waals surface area (Å²) in [4.78, 5) is 2.67. The quantitative estimate of drug-likeness (QED) is 0.858. The third kappa shape index (κ3) is 2.94. The van der Waals surface area contributed by atoms with E-state index in [9.17, 15) is 4.39 Å². The Morgan fingerprint density at radius 2 is 2.35 bits per heavy atom. The third-order valence-electron chi connectivity index (χ3n) is 3.07. The van der Waals surface area contributed by atoms with Crippen molar-refractivity contribution < 1.29 is 4.39 Å². The van der Waals surface area contributed by atoms with Crippen molar-refractivity contribution in [2.24, 2.45) is 5.73 Å². The summed E-state index contributed by atoms with van der Waals surface area (Å²) in [5.74, 6) is -0.268. The van der Waals surface area contributed by atoms with Crippen molar-refractivity contribution in [2.45, 2.75) is 25.4 Å². The second-order valence-corrected chi connectivity index (χ2v) is 5.15. The Balaban J connectivity index is 2.15. The number of nitrogens with zero attached hydrogens (tertiary/aromatic N) is 1. The van der Waals surface area contributed by atoms with Crippen LogP contribution in [0.15, 0.2) is 18.2 Å². The van der Waals surface area contributed by atoms with Crippen molar-refractivity contribution in [3.05, 3.63) is 34.6 Å². The summed E-state index contributed by atoms with van der Waals surface area (Å²) >= 11 is 11.1. The number of rotatable bonds is 3. The molecule has 1 aliphatic heterocycles. The van der Waals surface area contributed by atoms with Gasteiger partial charge in [-0.15, -0.1) is 0 Å². The topological polar surface area (TPSA) is 29.3 Å². The van der Waals surface area contributed by atoms with Crippen LogP contribution in [0.4, 0.5) is 4.39 Å². The molecule has 1 fully saturated rings. The molecule has 0 bridgehead atoms. The van der Waals surface area contributed by atoms with Gasteiger partial charge in [-0.3, -0.25) is 4.90 Å². The summed E-state index contributed by atoms with van der Waals surface area (Å²) in [6, 6.07) is 4.53. The van der Waals surface area contributed by atoms with Crippen molar-refractivity contribution in [3.63, 3.8) is 0 Å². The molecule has 1 aromatic carbocycles. The lowest BCUT2D eigenvalue weighted by molar-refractivity contribution is 0.295. The van der Waals surface area contributed by atoms with Crippen LogP contribution < -0.4 is 5.73 Å². The van der Waals surface area contributed by atoms with Gasteiger partial charge in [0, 0.05) is 11.6 Å². The minimum atomic E-state index is -0.268. The first kappa shape index (κ1) is 12.7. The Morgan fingerprint density at radius 1 is 1.59 bits per heavy atom. The molecule has 2 N–H and O–H groups in total. The molecular weight excluding hydrogens is 259 g/mol. The van der Waals surface area contributed by atoms with Crippen molar-refractivity contribution in [1.29, 1.82) is 0 Å². The molecule has 1 unspecified atom stereocenters. The Hall–Kier alpha value is -0.710. The lowest BCUT2D eigenvalue weighted by Crippen LogP contribution is -2.38. The van der Waals surface area contributed by atoms with Crippen LogP contribution in [0.25, 0.3) is 0 Å². The van der Waals surface area contributed by atoms with E-state index in [0.29, 0.717) is 16.6 Å². The van der Waals surface area contributed by atoms with Gasteiger partial charge in [0.15, 0.2) is 0 Å². The highest BCUT2D eigenvalue weighted by atomic mass is 35.5. The standard InChI is InChI=1S/C12H14ClFN2S/c13-10-4-3-9(14)6-8(10)7-16-5-1-2-11(16)12(15)17/h3-4,6,11H,1-2,5,7H2,(H2,15,17). The molecule has 1 aliphatic rings. The normalized spacial score (nSPS) is 20.7. The molecule has 0 aliphatic carbocycles. The van der Waals surface area contributed by atoms with Gasteiger partial charge in [-0.05, 0) is 43.1 Å². The molecule has 1 heterocycles. The van der Waals surface area contributed by atoms with Crippen LogP contribution in [0, 0.1) is 5.82 Å². The largest absolute Gasteiger partial charge is 0.392 e. The first-order chi connectivity index (χ1) is 8.08. The average Bonchev–Trinajstić information content (AvgIpc) is 2.71. The lowest BCUT2D eigenvalue weighted by Gasteiger charge is -2.23. The van der Waals surface area contributed by atoms with Crippen LogP contribution in [-0.4, -0.2) is 22.5 Å². The smallest absolute Gasteiger partial charge is 0.123 e. The van der Waals surface area contributed by atoms with Gasteiger partial charge in [-0.2, -0.15) is 0 Å². The Labute approximate surface area is 111 Å². The molecule has 0 radical (unpaired) electrons. The second kappa shape index (κ2) is 5.29. The predicted octanol–water partition coefficient (Wildman–Crippen LogP) is 2.73. The average molecular weight is 273 g/mol. The maximum absolute atomic E-state index is 13.1. The molecule has 1 atom stereocenters. The number of thiocarbonyl (C=S) groups is 1. The van der Waals surface area contributed by atoms with E-state index in [4.69, 9.17) is 29.6 Å². The summed E-state index contributed by atoms with van der Waals surface area (Å²) in [5.41, 5.74) is 6.48. The zero-order valence-electron chi connectivity index (χ0n) is 9.33. The minimum absolute atomic E-state index is 0.115. The van der Waals surface area contributed by atoms with Crippen LogP contribution in [0.3, 0.4) is 0 Å². The Kier molecular flexibility index (Phi) is 3.97. The Bertz CT molecular complexity index is 439.